The number of aliphatic hydroxyl groups is 1. The van der Waals surface area contributed by atoms with Gasteiger partial charge in [-0.2, -0.15) is 0 Å². The van der Waals surface area contributed by atoms with Crippen LogP contribution in [-0.4, -0.2) is 34.8 Å². The smallest absolute Gasteiger partial charge is 0.315 e. The molecule has 1 heterocycles. The Morgan fingerprint density at radius 2 is 2.00 bits per heavy atom. The molecule has 2 atom stereocenters. The predicted octanol–water partition coefficient (Wildman–Crippen LogP) is 2.82. The molecule has 3 N–H and O–H groups in total. The minimum Gasteiger partial charge on any atom is -0.394 e. The van der Waals surface area contributed by atoms with Gasteiger partial charge in [0.05, 0.1) is 12.1 Å². The Labute approximate surface area is 138 Å². The lowest BCUT2D eigenvalue weighted by molar-refractivity contribution is 0.101. The molecule has 1 fully saturated rings. The molecular weight excluding hydrogens is 290 g/mol. The fraction of sp³-hybridized carbons (Fsp3) is 0.667. The lowest BCUT2D eigenvalue weighted by Crippen LogP contribution is -2.57. The number of aliphatic hydroxyl groups excluding tert-OH is 1. The standard InChI is InChI=1S/C18H29N3O2/c1-14(15-8-10-19-11-9-15)12-20-17(23)21-18(2,13-22)16-6-4-3-5-7-16/h8-11,14,16,22H,3-7,12-13H2,1-2H3,(H2,20,21,23)/t14-,18-/m0/s1. The van der Waals surface area contributed by atoms with Crippen LogP contribution in [0.3, 0.4) is 0 Å². The molecule has 0 saturated heterocycles. The van der Waals surface area contributed by atoms with Crippen LogP contribution in [0.5, 0.6) is 0 Å². The zero-order valence-electron chi connectivity index (χ0n) is 14.2. The number of aromatic nitrogens is 1. The van der Waals surface area contributed by atoms with Gasteiger partial charge in [0, 0.05) is 18.9 Å². The first kappa shape index (κ1) is 17.7. The van der Waals surface area contributed by atoms with E-state index in [9.17, 15) is 9.90 Å². The largest absolute Gasteiger partial charge is 0.394 e. The first-order valence-electron chi connectivity index (χ1n) is 8.62. The van der Waals surface area contributed by atoms with Gasteiger partial charge >= 0.3 is 6.03 Å². The molecule has 128 valence electrons. The van der Waals surface area contributed by atoms with E-state index < -0.39 is 5.54 Å². The van der Waals surface area contributed by atoms with E-state index in [0.29, 0.717) is 12.5 Å². The molecule has 0 radical (unpaired) electrons. The Hall–Kier alpha value is -1.62. The number of nitrogens with zero attached hydrogens (tertiary/aromatic N) is 1. The summed E-state index contributed by atoms with van der Waals surface area (Å²) in [5.41, 5.74) is 0.613. The zero-order chi connectivity index (χ0) is 16.7. The van der Waals surface area contributed by atoms with E-state index in [4.69, 9.17) is 0 Å². The first-order chi connectivity index (χ1) is 11.0. The van der Waals surface area contributed by atoms with Gasteiger partial charge in [-0.3, -0.25) is 4.98 Å². The molecule has 2 amide bonds. The van der Waals surface area contributed by atoms with Gasteiger partial charge in [0.15, 0.2) is 0 Å². The highest BCUT2D eigenvalue weighted by molar-refractivity contribution is 5.74. The Morgan fingerprint density at radius 3 is 2.61 bits per heavy atom. The quantitative estimate of drug-likeness (QED) is 0.755. The Morgan fingerprint density at radius 1 is 1.35 bits per heavy atom. The summed E-state index contributed by atoms with van der Waals surface area (Å²) < 4.78 is 0. The summed E-state index contributed by atoms with van der Waals surface area (Å²) in [6.07, 6.45) is 9.30. The summed E-state index contributed by atoms with van der Waals surface area (Å²) in [5, 5.41) is 15.7. The summed E-state index contributed by atoms with van der Waals surface area (Å²) >= 11 is 0. The van der Waals surface area contributed by atoms with E-state index in [1.54, 1.807) is 12.4 Å². The van der Waals surface area contributed by atoms with Gasteiger partial charge in [-0.1, -0.05) is 26.2 Å². The summed E-state index contributed by atoms with van der Waals surface area (Å²) in [6, 6.07) is 3.72. The van der Waals surface area contributed by atoms with Crippen molar-refractivity contribution in [2.75, 3.05) is 13.2 Å². The average molecular weight is 319 g/mol. The molecule has 23 heavy (non-hydrogen) atoms. The van der Waals surface area contributed by atoms with E-state index >= 15 is 0 Å². The van der Waals surface area contributed by atoms with Gasteiger partial charge in [0.2, 0.25) is 0 Å². The Bertz CT molecular complexity index is 488. The molecule has 5 heteroatoms. The number of carbonyl (C=O) groups is 1. The molecular formula is C18H29N3O2. The number of hydrogen-bond donors (Lipinski definition) is 3. The minimum atomic E-state index is -0.537. The number of rotatable bonds is 6. The second-order valence-electron chi connectivity index (χ2n) is 6.93. The first-order valence-corrected chi connectivity index (χ1v) is 8.62. The van der Waals surface area contributed by atoms with Crippen molar-refractivity contribution < 1.29 is 9.90 Å². The maximum atomic E-state index is 12.3. The Kier molecular flexibility index (Phi) is 6.39. The molecule has 0 spiro atoms. The highest BCUT2D eigenvalue weighted by atomic mass is 16.3. The van der Waals surface area contributed by atoms with Crippen LogP contribution in [0.1, 0.15) is 57.4 Å². The van der Waals surface area contributed by atoms with E-state index in [1.807, 2.05) is 19.1 Å². The summed E-state index contributed by atoms with van der Waals surface area (Å²) in [7, 11) is 0. The maximum Gasteiger partial charge on any atom is 0.315 e. The van der Waals surface area contributed by atoms with Crippen LogP contribution in [-0.2, 0) is 0 Å². The summed E-state index contributed by atoms with van der Waals surface area (Å²) in [4.78, 5) is 16.3. The number of urea groups is 1. The van der Waals surface area contributed by atoms with Crippen LogP contribution < -0.4 is 10.6 Å². The van der Waals surface area contributed by atoms with Gasteiger partial charge in [-0.05, 0) is 49.3 Å². The monoisotopic (exact) mass is 319 g/mol. The van der Waals surface area contributed by atoms with E-state index in [1.165, 1.54) is 19.3 Å². The molecule has 1 aromatic rings. The number of nitrogens with one attached hydrogen (secondary N) is 2. The van der Waals surface area contributed by atoms with Gasteiger partial charge in [-0.15, -0.1) is 0 Å². The second kappa shape index (κ2) is 8.29. The van der Waals surface area contributed by atoms with Crippen LogP contribution in [0.15, 0.2) is 24.5 Å². The van der Waals surface area contributed by atoms with Crippen molar-refractivity contribution in [3.8, 4) is 0 Å². The number of amides is 2. The van der Waals surface area contributed by atoms with Crippen molar-refractivity contribution in [1.82, 2.24) is 15.6 Å². The zero-order valence-corrected chi connectivity index (χ0v) is 14.2. The molecule has 1 aromatic heterocycles. The van der Waals surface area contributed by atoms with Crippen LogP contribution in [0.25, 0.3) is 0 Å². The molecule has 1 saturated carbocycles. The normalized spacial score (nSPS) is 19.6. The number of carbonyl (C=O) groups excluding carboxylic acids is 1. The van der Waals surface area contributed by atoms with Crippen LogP contribution >= 0.6 is 0 Å². The Balaban J connectivity index is 1.85. The van der Waals surface area contributed by atoms with Gasteiger partial charge < -0.3 is 15.7 Å². The third-order valence-electron chi connectivity index (χ3n) is 5.08. The van der Waals surface area contributed by atoms with Crippen molar-refractivity contribution in [2.45, 2.75) is 57.4 Å². The highest BCUT2D eigenvalue weighted by Crippen LogP contribution is 2.32. The van der Waals surface area contributed by atoms with Crippen molar-refractivity contribution in [3.05, 3.63) is 30.1 Å². The summed E-state index contributed by atoms with van der Waals surface area (Å²) in [6.45, 7) is 4.56. The van der Waals surface area contributed by atoms with Crippen LogP contribution in [0.2, 0.25) is 0 Å². The molecule has 0 bridgehead atoms. The lowest BCUT2D eigenvalue weighted by atomic mass is 9.76. The average Bonchev–Trinajstić information content (AvgIpc) is 2.61. The van der Waals surface area contributed by atoms with Crippen LogP contribution in [0.4, 0.5) is 4.79 Å². The van der Waals surface area contributed by atoms with Crippen molar-refractivity contribution >= 4 is 6.03 Å². The molecule has 5 nitrogen and oxygen atoms in total. The predicted molar refractivity (Wildman–Crippen MR) is 91.3 cm³/mol. The minimum absolute atomic E-state index is 0.0228. The summed E-state index contributed by atoms with van der Waals surface area (Å²) in [5.74, 6) is 0.573. The fourth-order valence-corrected chi connectivity index (χ4v) is 3.37. The third kappa shape index (κ3) is 4.93. The van der Waals surface area contributed by atoms with Crippen molar-refractivity contribution in [2.24, 2.45) is 5.92 Å². The van der Waals surface area contributed by atoms with E-state index in [2.05, 4.69) is 22.5 Å². The van der Waals surface area contributed by atoms with Crippen molar-refractivity contribution in [1.29, 1.82) is 0 Å². The van der Waals surface area contributed by atoms with Crippen LogP contribution in [0, 0.1) is 5.92 Å². The maximum absolute atomic E-state index is 12.3. The number of pyridine rings is 1. The molecule has 2 rings (SSSR count). The van der Waals surface area contributed by atoms with Gasteiger partial charge in [0.1, 0.15) is 0 Å². The van der Waals surface area contributed by atoms with E-state index in [0.717, 1.165) is 18.4 Å². The fourth-order valence-electron chi connectivity index (χ4n) is 3.37. The lowest BCUT2D eigenvalue weighted by Gasteiger charge is -2.39. The van der Waals surface area contributed by atoms with Gasteiger partial charge in [-0.25, -0.2) is 4.79 Å². The number of hydrogen-bond acceptors (Lipinski definition) is 3. The van der Waals surface area contributed by atoms with E-state index in [-0.39, 0.29) is 18.6 Å². The molecule has 0 aromatic carbocycles. The van der Waals surface area contributed by atoms with Crippen molar-refractivity contribution in [3.63, 3.8) is 0 Å². The molecule has 0 aliphatic heterocycles. The molecule has 1 aliphatic carbocycles. The van der Waals surface area contributed by atoms with Gasteiger partial charge in [0.25, 0.3) is 0 Å². The molecule has 1 aliphatic rings. The highest BCUT2D eigenvalue weighted by Gasteiger charge is 2.35. The SMILES string of the molecule is C[C@@H](CNC(=O)N[C@@](C)(CO)C1CCCCC1)c1ccncc1. The molecule has 0 unspecified atom stereocenters. The topological polar surface area (TPSA) is 74.2 Å². The third-order valence-corrected chi connectivity index (χ3v) is 5.08. The second-order valence-corrected chi connectivity index (χ2v) is 6.93.